The highest BCUT2D eigenvalue weighted by Gasteiger charge is 2.27. The predicted molar refractivity (Wildman–Crippen MR) is 121 cm³/mol. The third-order valence-corrected chi connectivity index (χ3v) is 6.50. The molecule has 2 amide bonds. The maximum atomic E-state index is 13.3. The molecule has 31 heavy (non-hydrogen) atoms. The van der Waals surface area contributed by atoms with E-state index in [0.29, 0.717) is 22.0 Å². The highest BCUT2D eigenvalue weighted by atomic mass is 35.5. The van der Waals surface area contributed by atoms with Crippen molar-refractivity contribution < 1.29 is 18.0 Å². The molecule has 0 atom stereocenters. The zero-order valence-corrected chi connectivity index (χ0v) is 18.2. The maximum Gasteiger partial charge on any atom is 0.264 e. The lowest BCUT2D eigenvalue weighted by Crippen LogP contribution is -2.38. The van der Waals surface area contributed by atoms with Crippen LogP contribution in [0.25, 0.3) is 0 Å². The van der Waals surface area contributed by atoms with Crippen LogP contribution in [0, 0.1) is 6.92 Å². The summed E-state index contributed by atoms with van der Waals surface area (Å²) in [4.78, 5) is 23.9. The summed E-state index contributed by atoms with van der Waals surface area (Å²) in [5, 5.41) is 3.07. The number of amides is 2. The van der Waals surface area contributed by atoms with Crippen LogP contribution in [0.15, 0.2) is 77.7 Å². The van der Waals surface area contributed by atoms with Crippen molar-refractivity contribution in [3.05, 3.63) is 88.9 Å². The topological polar surface area (TPSA) is 110 Å². The molecular weight excluding hydrogens is 438 g/mol. The molecule has 160 valence electrons. The van der Waals surface area contributed by atoms with Gasteiger partial charge >= 0.3 is 0 Å². The molecule has 0 aliphatic heterocycles. The second kappa shape index (κ2) is 9.20. The first kappa shape index (κ1) is 22.3. The Labute approximate surface area is 185 Å². The molecular formula is C22H20ClN3O4S. The molecule has 3 aromatic rings. The van der Waals surface area contributed by atoms with Crippen LogP contribution in [0.3, 0.4) is 0 Å². The largest absolute Gasteiger partial charge is 0.366 e. The number of carbonyl (C=O) groups is 2. The van der Waals surface area contributed by atoms with E-state index in [-0.39, 0.29) is 4.90 Å². The second-order valence-electron chi connectivity index (χ2n) is 6.79. The molecule has 0 heterocycles. The summed E-state index contributed by atoms with van der Waals surface area (Å²) in [6, 6.07) is 18.5. The molecule has 0 spiro atoms. The Morgan fingerprint density at radius 1 is 0.935 bits per heavy atom. The fourth-order valence-electron chi connectivity index (χ4n) is 2.81. The summed E-state index contributed by atoms with van der Waals surface area (Å²) < 4.78 is 27.6. The Balaban J connectivity index is 1.89. The number of carbonyl (C=O) groups excluding carboxylic acids is 2. The highest BCUT2D eigenvalue weighted by Crippen LogP contribution is 2.25. The van der Waals surface area contributed by atoms with Crippen molar-refractivity contribution in [3.8, 4) is 0 Å². The summed E-state index contributed by atoms with van der Waals surface area (Å²) in [5.74, 6) is -1.14. The standard InChI is InChI=1S/C22H20ClN3O4S/c1-15-2-12-20(13-3-15)31(29,30)26(19-10-6-17(23)7-11-19)14-21(27)25-18-8-4-16(5-9-18)22(24)28/h2-13H,14H2,1H3,(H2,24,28)(H,25,27). The Morgan fingerprint density at radius 3 is 2.06 bits per heavy atom. The third-order valence-electron chi connectivity index (χ3n) is 4.46. The molecule has 0 unspecified atom stereocenters. The van der Waals surface area contributed by atoms with E-state index in [1.54, 1.807) is 24.3 Å². The molecule has 0 saturated carbocycles. The monoisotopic (exact) mass is 457 g/mol. The minimum atomic E-state index is -4.02. The van der Waals surface area contributed by atoms with Gasteiger partial charge < -0.3 is 11.1 Å². The molecule has 0 fully saturated rings. The van der Waals surface area contributed by atoms with Crippen molar-refractivity contribution >= 4 is 44.8 Å². The Morgan fingerprint density at radius 2 is 1.52 bits per heavy atom. The number of nitrogens with zero attached hydrogens (tertiary/aromatic N) is 1. The van der Waals surface area contributed by atoms with E-state index in [4.69, 9.17) is 17.3 Å². The summed E-state index contributed by atoms with van der Waals surface area (Å²) in [6.07, 6.45) is 0. The first-order valence-corrected chi connectivity index (χ1v) is 11.0. The lowest BCUT2D eigenvalue weighted by Gasteiger charge is -2.24. The van der Waals surface area contributed by atoms with Gasteiger partial charge in [0.25, 0.3) is 10.0 Å². The normalized spacial score (nSPS) is 11.0. The van der Waals surface area contributed by atoms with Gasteiger partial charge in [0.15, 0.2) is 0 Å². The molecule has 0 aromatic heterocycles. The first-order valence-electron chi connectivity index (χ1n) is 9.21. The number of hydrogen-bond donors (Lipinski definition) is 2. The van der Waals surface area contributed by atoms with E-state index >= 15 is 0 Å². The minimum Gasteiger partial charge on any atom is -0.366 e. The van der Waals surface area contributed by atoms with Crippen LogP contribution in [0.4, 0.5) is 11.4 Å². The number of primary amides is 1. The minimum absolute atomic E-state index is 0.0617. The van der Waals surface area contributed by atoms with E-state index in [2.05, 4.69) is 5.32 Å². The van der Waals surface area contributed by atoms with E-state index in [1.807, 2.05) is 6.92 Å². The van der Waals surface area contributed by atoms with Gasteiger partial charge in [0, 0.05) is 16.3 Å². The average Bonchev–Trinajstić information content (AvgIpc) is 2.73. The maximum absolute atomic E-state index is 13.3. The molecule has 0 aliphatic rings. The first-order chi connectivity index (χ1) is 14.7. The van der Waals surface area contributed by atoms with Crippen molar-refractivity contribution in [2.45, 2.75) is 11.8 Å². The predicted octanol–water partition coefficient (Wildman–Crippen LogP) is 3.58. The number of anilines is 2. The molecule has 3 N–H and O–H groups in total. The van der Waals surface area contributed by atoms with Gasteiger partial charge in [0.2, 0.25) is 11.8 Å². The Kier molecular flexibility index (Phi) is 6.62. The van der Waals surface area contributed by atoms with Gasteiger partial charge in [-0.25, -0.2) is 8.42 Å². The van der Waals surface area contributed by atoms with Crippen LogP contribution in [-0.4, -0.2) is 26.8 Å². The van der Waals surface area contributed by atoms with Crippen LogP contribution in [0.2, 0.25) is 5.02 Å². The number of rotatable bonds is 7. The van der Waals surface area contributed by atoms with E-state index < -0.39 is 28.4 Å². The molecule has 7 nitrogen and oxygen atoms in total. The fourth-order valence-corrected chi connectivity index (χ4v) is 4.36. The zero-order valence-electron chi connectivity index (χ0n) is 16.6. The van der Waals surface area contributed by atoms with Crippen molar-refractivity contribution in [2.75, 3.05) is 16.2 Å². The van der Waals surface area contributed by atoms with E-state index in [9.17, 15) is 18.0 Å². The quantitative estimate of drug-likeness (QED) is 0.565. The van der Waals surface area contributed by atoms with Crippen LogP contribution >= 0.6 is 11.6 Å². The van der Waals surface area contributed by atoms with Crippen LogP contribution in [0.1, 0.15) is 15.9 Å². The van der Waals surface area contributed by atoms with Gasteiger partial charge in [-0.3, -0.25) is 13.9 Å². The summed E-state index contributed by atoms with van der Waals surface area (Å²) in [6.45, 7) is 1.39. The van der Waals surface area contributed by atoms with Crippen molar-refractivity contribution in [1.82, 2.24) is 0 Å². The van der Waals surface area contributed by atoms with Crippen LogP contribution < -0.4 is 15.4 Å². The van der Waals surface area contributed by atoms with Crippen molar-refractivity contribution in [3.63, 3.8) is 0 Å². The number of hydrogen-bond acceptors (Lipinski definition) is 4. The molecule has 9 heteroatoms. The van der Waals surface area contributed by atoms with Gasteiger partial charge in [-0.05, 0) is 67.6 Å². The number of halogens is 1. The molecule has 0 bridgehead atoms. The summed E-state index contributed by atoms with van der Waals surface area (Å²) in [5.41, 5.74) is 7.11. The van der Waals surface area contributed by atoms with Crippen LogP contribution in [0.5, 0.6) is 0 Å². The van der Waals surface area contributed by atoms with Crippen molar-refractivity contribution in [2.24, 2.45) is 5.73 Å². The molecule has 3 rings (SSSR count). The highest BCUT2D eigenvalue weighted by molar-refractivity contribution is 7.92. The lowest BCUT2D eigenvalue weighted by atomic mass is 10.2. The Bertz CT molecular complexity index is 1190. The third kappa shape index (κ3) is 5.42. The SMILES string of the molecule is Cc1ccc(S(=O)(=O)N(CC(=O)Nc2ccc(C(N)=O)cc2)c2ccc(Cl)cc2)cc1. The number of sulfonamides is 1. The number of nitrogens with two attached hydrogens (primary N) is 1. The number of aryl methyl sites for hydroxylation is 1. The van der Waals surface area contributed by atoms with Gasteiger partial charge in [-0.2, -0.15) is 0 Å². The molecule has 3 aromatic carbocycles. The second-order valence-corrected chi connectivity index (χ2v) is 9.09. The van der Waals surface area contributed by atoms with Gasteiger partial charge in [-0.1, -0.05) is 29.3 Å². The molecule has 0 radical (unpaired) electrons. The summed E-state index contributed by atoms with van der Waals surface area (Å²) in [7, 11) is -4.02. The molecule has 0 aliphatic carbocycles. The molecule has 0 saturated heterocycles. The van der Waals surface area contributed by atoms with Gasteiger partial charge in [0.1, 0.15) is 6.54 Å². The van der Waals surface area contributed by atoms with Crippen molar-refractivity contribution in [1.29, 1.82) is 0 Å². The van der Waals surface area contributed by atoms with Crippen LogP contribution in [-0.2, 0) is 14.8 Å². The van der Waals surface area contributed by atoms with E-state index in [1.165, 1.54) is 48.5 Å². The fraction of sp³-hybridized carbons (Fsp3) is 0.0909. The van der Waals surface area contributed by atoms with Gasteiger partial charge in [-0.15, -0.1) is 0 Å². The Hall–Kier alpha value is -3.36. The van der Waals surface area contributed by atoms with Gasteiger partial charge in [0.05, 0.1) is 10.6 Å². The summed E-state index contributed by atoms with van der Waals surface area (Å²) >= 11 is 5.93. The lowest BCUT2D eigenvalue weighted by molar-refractivity contribution is -0.114. The number of benzene rings is 3. The zero-order chi connectivity index (χ0) is 22.6. The number of nitrogens with one attached hydrogen (secondary N) is 1. The average molecular weight is 458 g/mol. The smallest absolute Gasteiger partial charge is 0.264 e. The van der Waals surface area contributed by atoms with E-state index in [0.717, 1.165) is 9.87 Å².